The highest BCUT2D eigenvalue weighted by atomic mass is 19.4. The minimum atomic E-state index is -4.33. The fourth-order valence-corrected chi connectivity index (χ4v) is 2.14. The number of alkyl halides is 3. The van der Waals surface area contributed by atoms with Crippen molar-refractivity contribution in [1.82, 2.24) is 5.32 Å². The van der Waals surface area contributed by atoms with Gasteiger partial charge in [0.2, 0.25) is 0 Å². The number of piperidine rings is 1. The lowest BCUT2D eigenvalue weighted by atomic mass is 9.96. The SMILES string of the molecule is CC1(Oc2cccc(C(F)(F)F)c2)CCCNC1. The van der Waals surface area contributed by atoms with Crippen molar-refractivity contribution in [2.75, 3.05) is 13.1 Å². The number of rotatable bonds is 2. The smallest absolute Gasteiger partial charge is 0.416 e. The molecule has 5 heteroatoms. The largest absolute Gasteiger partial charge is 0.486 e. The summed E-state index contributed by atoms with van der Waals surface area (Å²) in [6.45, 7) is 3.50. The zero-order valence-electron chi connectivity index (χ0n) is 10.2. The minimum absolute atomic E-state index is 0.274. The van der Waals surface area contributed by atoms with Gasteiger partial charge in [0.25, 0.3) is 0 Å². The van der Waals surface area contributed by atoms with Crippen LogP contribution in [0.1, 0.15) is 25.3 Å². The molecule has 0 aromatic heterocycles. The molecule has 1 fully saturated rings. The summed E-state index contributed by atoms with van der Waals surface area (Å²) in [6, 6.07) is 5.04. The molecule has 0 amide bonds. The summed E-state index contributed by atoms with van der Waals surface area (Å²) in [5.41, 5.74) is -1.10. The van der Waals surface area contributed by atoms with E-state index >= 15 is 0 Å². The van der Waals surface area contributed by atoms with E-state index in [1.54, 1.807) is 6.07 Å². The predicted molar refractivity (Wildman–Crippen MR) is 62.6 cm³/mol. The number of nitrogens with one attached hydrogen (secondary N) is 1. The summed E-state index contributed by atoms with van der Waals surface area (Å²) in [5, 5.41) is 3.19. The predicted octanol–water partition coefficient (Wildman–Crippen LogP) is 3.23. The molecule has 1 aliphatic rings. The molecule has 0 radical (unpaired) electrons. The first-order chi connectivity index (χ1) is 8.39. The van der Waals surface area contributed by atoms with Crippen LogP contribution in [0.4, 0.5) is 13.2 Å². The van der Waals surface area contributed by atoms with E-state index in [4.69, 9.17) is 4.74 Å². The standard InChI is InChI=1S/C13H16F3NO/c1-12(6-3-7-17-9-12)18-11-5-2-4-10(8-11)13(14,15)16/h2,4-5,8,17H,3,6-7,9H2,1H3. The average Bonchev–Trinajstić information content (AvgIpc) is 2.28. The fraction of sp³-hybridized carbons (Fsp3) is 0.538. The van der Waals surface area contributed by atoms with Crippen molar-refractivity contribution < 1.29 is 17.9 Å². The van der Waals surface area contributed by atoms with E-state index in [9.17, 15) is 13.2 Å². The van der Waals surface area contributed by atoms with Crippen LogP contribution in [-0.2, 0) is 6.18 Å². The Kier molecular flexibility index (Phi) is 3.52. The Labute approximate surface area is 104 Å². The average molecular weight is 259 g/mol. The van der Waals surface area contributed by atoms with Gasteiger partial charge in [-0.15, -0.1) is 0 Å². The summed E-state index contributed by atoms with van der Waals surface area (Å²) in [7, 11) is 0. The van der Waals surface area contributed by atoms with Gasteiger partial charge < -0.3 is 10.1 Å². The van der Waals surface area contributed by atoms with E-state index in [0.29, 0.717) is 6.54 Å². The van der Waals surface area contributed by atoms with Gasteiger partial charge in [-0.1, -0.05) is 6.07 Å². The zero-order valence-corrected chi connectivity index (χ0v) is 10.2. The van der Waals surface area contributed by atoms with Crippen molar-refractivity contribution in [3.8, 4) is 5.75 Å². The van der Waals surface area contributed by atoms with Crippen molar-refractivity contribution in [3.63, 3.8) is 0 Å². The second kappa shape index (κ2) is 4.80. The number of hydrogen-bond acceptors (Lipinski definition) is 2. The Morgan fingerprint density at radius 1 is 1.33 bits per heavy atom. The van der Waals surface area contributed by atoms with Crippen LogP contribution in [0.2, 0.25) is 0 Å². The van der Waals surface area contributed by atoms with Crippen LogP contribution in [0.15, 0.2) is 24.3 Å². The highest BCUT2D eigenvalue weighted by Gasteiger charge is 2.32. The van der Waals surface area contributed by atoms with Gasteiger partial charge in [0, 0.05) is 6.54 Å². The monoisotopic (exact) mass is 259 g/mol. The number of halogens is 3. The molecule has 2 nitrogen and oxygen atoms in total. The molecule has 1 aliphatic heterocycles. The first-order valence-corrected chi connectivity index (χ1v) is 5.96. The molecular weight excluding hydrogens is 243 g/mol. The summed E-state index contributed by atoms with van der Waals surface area (Å²) in [5.74, 6) is 0.274. The van der Waals surface area contributed by atoms with E-state index in [-0.39, 0.29) is 5.75 Å². The zero-order chi connectivity index (χ0) is 13.2. The molecule has 1 aromatic rings. The van der Waals surface area contributed by atoms with E-state index < -0.39 is 17.3 Å². The summed E-state index contributed by atoms with van der Waals surface area (Å²) in [4.78, 5) is 0. The second-order valence-electron chi connectivity index (χ2n) is 4.86. The van der Waals surface area contributed by atoms with Crippen molar-refractivity contribution in [2.24, 2.45) is 0 Å². The van der Waals surface area contributed by atoms with E-state index in [2.05, 4.69) is 5.32 Å². The molecule has 1 N–H and O–H groups in total. The van der Waals surface area contributed by atoms with Gasteiger partial charge >= 0.3 is 6.18 Å². The van der Waals surface area contributed by atoms with Gasteiger partial charge in [0.1, 0.15) is 11.4 Å². The first-order valence-electron chi connectivity index (χ1n) is 5.96. The maximum absolute atomic E-state index is 12.6. The van der Waals surface area contributed by atoms with Crippen LogP contribution in [-0.4, -0.2) is 18.7 Å². The molecule has 1 unspecified atom stereocenters. The molecule has 0 saturated carbocycles. The number of hydrogen-bond donors (Lipinski definition) is 1. The molecule has 100 valence electrons. The van der Waals surface area contributed by atoms with Gasteiger partial charge in [-0.3, -0.25) is 0 Å². The van der Waals surface area contributed by atoms with E-state index in [0.717, 1.165) is 31.5 Å². The third kappa shape index (κ3) is 3.16. The third-order valence-electron chi connectivity index (χ3n) is 3.08. The van der Waals surface area contributed by atoms with Gasteiger partial charge in [-0.2, -0.15) is 13.2 Å². The van der Waals surface area contributed by atoms with Gasteiger partial charge in [-0.25, -0.2) is 0 Å². The van der Waals surface area contributed by atoms with Crippen LogP contribution in [0.5, 0.6) is 5.75 Å². The van der Waals surface area contributed by atoms with Gasteiger partial charge in [-0.05, 0) is 44.5 Å². The summed E-state index contributed by atoms with van der Waals surface area (Å²) < 4.78 is 43.4. The molecule has 1 aromatic carbocycles. The van der Waals surface area contributed by atoms with E-state index in [1.165, 1.54) is 6.07 Å². The molecule has 0 spiro atoms. The van der Waals surface area contributed by atoms with Gasteiger partial charge in [0.15, 0.2) is 0 Å². The Balaban J connectivity index is 2.14. The molecule has 18 heavy (non-hydrogen) atoms. The van der Waals surface area contributed by atoms with Crippen molar-refractivity contribution in [1.29, 1.82) is 0 Å². The first kappa shape index (κ1) is 13.2. The number of ether oxygens (including phenoxy) is 1. The lowest BCUT2D eigenvalue weighted by molar-refractivity contribution is -0.137. The molecule has 1 saturated heterocycles. The summed E-state index contributed by atoms with van der Waals surface area (Å²) >= 11 is 0. The normalized spacial score (nSPS) is 24.9. The Hall–Kier alpha value is -1.23. The Morgan fingerprint density at radius 2 is 2.11 bits per heavy atom. The molecule has 1 atom stereocenters. The number of benzene rings is 1. The van der Waals surface area contributed by atoms with Crippen molar-refractivity contribution >= 4 is 0 Å². The lowest BCUT2D eigenvalue weighted by Gasteiger charge is -2.34. The third-order valence-corrected chi connectivity index (χ3v) is 3.08. The maximum atomic E-state index is 12.6. The Morgan fingerprint density at radius 3 is 2.72 bits per heavy atom. The van der Waals surface area contributed by atoms with Crippen molar-refractivity contribution in [3.05, 3.63) is 29.8 Å². The molecule has 1 heterocycles. The van der Waals surface area contributed by atoms with E-state index in [1.807, 2.05) is 6.92 Å². The van der Waals surface area contributed by atoms with Crippen molar-refractivity contribution in [2.45, 2.75) is 31.5 Å². The summed E-state index contributed by atoms with van der Waals surface area (Å²) in [6.07, 6.45) is -2.52. The van der Waals surface area contributed by atoms with Gasteiger partial charge in [0.05, 0.1) is 5.56 Å². The minimum Gasteiger partial charge on any atom is -0.486 e. The molecule has 0 aliphatic carbocycles. The van der Waals surface area contributed by atoms with Crippen LogP contribution >= 0.6 is 0 Å². The Bertz CT molecular complexity index is 411. The molecule has 0 bridgehead atoms. The van der Waals surface area contributed by atoms with Crippen LogP contribution in [0.25, 0.3) is 0 Å². The fourth-order valence-electron chi connectivity index (χ4n) is 2.14. The topological polar surface area (TPSA) is 21.3 Å². The highest BCUT2D eigenvalue weighted by Crippen LogP contribution is 2.33. The van der Waals surface area contributed by atoms with Crippen LogP contribution in [0.3, 0.4) is 0 Å². The molecule has 2 rings (SSSR count). The lowest BCUT2D eigenvalue weighted by Crippen LogP contribution is -2.47. The molecular formula is C13H16F3NO. The maximum Gasteiger partial charge on any atom is 0.416 e. The van der Waals surface area contributed by atoms with Crippen LogP contribution in [0, 0.1) is 0 Å². The quantitative estimate of drug-likeness (QED) is 0.880. The highest BCUT2D eigenvalue weighted by molar-refractivity contribution is 5.30. The second-order valence-corrected chi connectivity index (χ2v) is 4.86. The van der Waals surface area contributed by atoms with Crippen LogP contribution < -0.4 is 10.1 Å².